The maximum absolute atomic E-state index is 13.8. The van der Waals surface area contributed by atoms with E-state index in [0.717, 1.165) is 22.1 Å². The predicted molar refractivity (Wildman–Crippen MR) is 113 cm³/mol. The number of aryl methyl sites for hydroxylation is 1. The van der Waals surface area contributed by atoms with Gasteiger partial charge in [-0.1, -0.05) is 12.1 Å². The number of nitrogen functional groups attached to an aromatic ring is 1. The topological polar surface area (TPSA) is 90.6 Å². The second-order valence-corrected chi connectivity index (χ2v) is 8.03. The van der Waals surface area contributed by atoms with Gasteiger partial charge in [0.15, 0.2) is 0 Å². The third-order valence-electron chi connectivity index (χ3n) is 6.11. The van der Waals surface area contributed by atoms with Gasteiger partial charge in [-0.25, -0.2) is 14.4 Å². The van der Waals surface area contributed by atoms with Crippen LogP contribution in [0.5, 0.6) is 0 Å². The lowest BCUT2D eigenvalue weighted by molar-refractivity contribution is -0.00302. The zero-order valence-electron chi connectivity index (χ0n) is 17.4. The number of pyridine rings is 2. The van der Waals surface area contributed by atoms with Crippen molar-refractivity contribution in [3.05, 3.63) is 64.2 Å². The summed E-state index contributed by atoms with van der Waals surface area (Å²) in [6, 6.07) is 6.36. The zero-order valence-corrected chi connectivity index (χ0v) is 17.4. The number of anilines is 1. The Labute approximate surface area is 179 Å². The van der Waals surface area contributed by atoms with Crippen LogP contribution >= 0.6 is 0 Å². The molecule has 7 nitrogen and oxygen atoms in total. The lowest BCUT2D eigenvalue weighted by Crippen LogP contribution is -2.43. The van der Waals surface area contributed by atoms with Gasteiger partial charge in [-0.3, -0.25) is 4.79 Å². The summed E-state index contributed by atoms with van der Waals surface area (Å²) >= 11 is 0. The third-order valence-corrected chi connectivity index (χ3v) is 6.11. The number of benzene rings is 1. The van der Waals surface area contributed by atoms with Crippen molar-refractivity contribution in [2.75, 3.05) is 25.5 Å². The minimum Gasteiger partial charge on any atom is -0.383 e. The number of carbonyl (C=O) groups is 1. The quantitative estimate of drug-likeness (QED) is 0.680. The van der Waals surface area contributed by atoms with E-state index >= 15 is 0 Å². The molecule has 1 fully saturated rings. The van der Waals surface area contributed by atoms with E-state index in [1.54, 1.807) is 36.2 Å². The van der Waals surface area contributed by atoms with Crippen molar-refractivity contribution < 1.29 is 18.7 Å². The summed E-state index contributed by atoms with van der Waals surface area (Å²) in [5, 5.41) is 0.828. The maximum Gasteiger partial charge on any atom is 0.273 e. The molecular formula is C23H23FN4O3. The van der Waals surface area contributed by atoms with Crippen LogP contribution in [0.15, 0.2) is 30.5 Å². The Morgan fingerprint density at radius 3 is 2.97 bits per heavy atom. The Hall–Kier alpha value is -3.10. The molecule has 2 aromatic heterocycles. The van der Waals surface area contributed by atoms with Gasteiger partial charge in [0.2, 0.25) is 0 Å². The van der Waals surface area contributed by atoms with E-state index in [9.17, 15) is 9.18 Å². The average molecular weight is 422 g/mol. The van der Waals surface area contributed by atoms with E-state index in [4.69, 9.17) is 15.2 Å². The van der Waals surface area contributed by atoms with Crippen LogP contribution in [-0.2, 0) is 16.1 Å². The highest BCUT2D eigenvalue weighted by molar-refractivity contribution is 5.97. The number of nitrogens with two attached hydrogens (primary N) is 1. The molecule has 0 saturated carbocycles. The minimum absolute atomic E-state index is 0.135. The highest BCUT2D eigenvalue weighted by Gasteiger charge is 2.31. The van der Waals surface area contributed by atoms with E-state index < -0.39 is 0 Å². The first kappa shape index (κ1) is 19.8. The highest BCUT2D eigenvalue weighted by Crippen LogP contribution is 2.38. The van der Waals surface area contributed by atoms with Crippen LogP contribution in [0.3, 0.4) is 0 Å². The number of nitrogens with zero attached hydrogens (tertiary/aromatic N) is 3. The zero-order chi connectivity index (χ0) is 21.7. The van der Waals surface area contributed by atoms with Crippen LogP contribution < -0.4 is 5.73 Å². The molecule has 2 N–H and O–H groups in total. The molecule has 0 aliphatic carbocycles. The summed E-state index contributed by atoms with van der Waals surface area (Å²) in [5.41, 5.74) is 10.3. The molecule has 5 rings (SSSR count). The summed E-state index contributed by atoms with van der Waals surface area (Å²) in [6.07, 6.45) is 1.45. The number of halogens is 1. The fourth-order valence-corrected chi connectivity index (χ4v) is 4.43. The molecule has 0 bridgehead atoms. The molecule has 0 unspecified atom stereocenters. The van der Waals surface area contributed by atoms with Crippen molar-refractivity contribution >= 4 is 22.6 Å². The fourth-order valence-electron chi connectivity index (χ4n) is 4.43. The SMILES string of the molecule is Cc1cc([C@H]2COCCN2C(=O)c2cc3c4c(c(N)nc3cn2)[C@@H](C)OC4)ccc1F. The Bertz CT molecular complexity index is 1200. The average Bonchev–Trinajstić information content (AvgIpc) is 3.17. The van der Waals surface area contributed by atoms with Gasteiger partial charge in [-0.05, 0) is 42.7 Å². The van der Waals surface area contributed by atoms with Gasteiger partial charge >= 0.3 is 0 Å². The first-order valence-corrected chi connectivity index (χ1v) is 10.3. The first-order valence-electron chi connectivity index (χ1n) is 10.3. The van der Waals surface area contributed by atoms with Crippen LogP contribution in [0.25, 0.3) is 10.9 Å². The van der Waals surface area contributed by atoms with Crippen LogP contribution in [0.1, 0.15) is 51.8 Å². The molecule has 0 spiro atoms. The largest absolute Gasteiger partial charge is 0.383 e. The fraction of sp³-hybridized carbons (Fsp3) is 0.348. The van der Waals surface area contributed by atoms with E-state index in [2.05, 4.69) is 9.97 Å². The van der Waals surface area contributed by atoms with Gasteiger partial charge in [0.1, 0.15) is 17.3 Å². The van der Waals surface area contributed by atoms with Crippen molar-refractivity contribution in [2.45, 2.75) is 32.6 Å². The monoisotopic (exact) mass is 422 g/mol. The summed E-state index contributed by atoms with van der Waals surface area (Å²) < 4.78 is 25.1. The molecular weight excluding hydrogens is 399 g/mol. The molecule has 31 heavy (non-hydrogen) atoms. The number of morpholine rings is 1. The van der Waals surface area contributed by atoms with E-state index in [1.807, 2.05) is 6.92 Å². The molecule has 1 amide bonds. The Morgan fingerprint density at radius 2 is 2.16 bits per heavy atom. The summed E-state index contributed by atoms with van der Waals surface area (Å²) in [5.74, 6) is -0.0327. The van der Waals surface area contributed by atoms with Crippen molar-refractivity contribution in [2.24, 2.45) is 0 Å². The van der Waals surface area contributed by atoms with Crippen molar-refractivity contribution in [3.63, 3.8) is 0 Å². The predicted octanol–water partition coefficient (Wildman–Crippen LogP) is 3.46. The van der Waals surface area contributed by atoms with Crippen LogP contribution in [0, 0.1) is 12.7 Å². The molecule has 8 heteroatoms. The summed E-state index contributed by atoms with van der Waals surface area (Å²) in [7, 11) is 0. The molecule has 1 aromatic carbocycles. The Morgan fingerprint density at radius 1 is 1.32 bits per heavy atom. The number of ether oxygens (including phenoxy) is 2. The van der Waals surface area contributed by atoms with Gasteiger partial charge in [0.25, 0.3) is 5.91 Å². The normalized spacial score (nSPS) is 20.8. The number of rotatable bonds is 2. The van der Waals surface area contributed by atoms with Crippen molar-refractivity contribution in [1.29, 1.82) is 0 Å². The van der Waals surface area contributed by atoms with E-state index in [1.165, 1.54) is 6.07 Å². The molecule has 2 aliphatic heterocycles. The summed E-state index contributed by atoms with van der Waals surface area (Å²) in [4.78, 5) is 24.0. The molecule has 2 atom stereocenters. The van der Waals surface area contributed by atoms with Gasteiger partial charge in [-0.15, -0.1) is 0 Å². The number of hydrogen-bond donors (Lipinski definition) is 1. The van der Waals surface area contributed by atoms with Crippen LogP contribution in [0.2, 0.25) is 0 Å². The molecule has 160 valence electrons. The standard InChI is InChI=1S/C23H23FN4O3/c1-12-7-14(3-4-17(12)24)20-11-30-6-5-28(20)23(29)18-8-15-16-10-31-13(2)21(16)22(25)27-19(15)9-26-18/h3-4,7-9,13,20H,5-6,10-11H2,1-2H3,(H2,25,27)/t13-,20-/m1/s1. The van der Waals surface area contributed by atoms with Crippen molar-refractivity contribution in [1.82, 2.24) is 14.9 Å². The highest BCUT2D eigenvalue weighted by atomic mass is 19.1. The molecule has 3 aromatic rings. The second-order valence-electron chi connectivity index (χ2n) is 8.03. The molecule has 0 radical (unpaired) electrons. The third kappa shape index (κ3) is 3.32. The van der Waals surface area contributed by atoms with Crippen molar-refractivity contribution in [3.8, 4) is 0 Å². The first-order chi connectivity index (χ1) is 14.9. The van der Waals surface area contributed by atoms with Crippen LogP contribution in [0.4, 0.5) is 10.2 Å². The number of hydrogen-bond acceptors (Lipinski definition) is 6. The summed E-state index contributed by atoms with van der Waals surface area (Å²) in [6.45, 7) is 5.29. The lowest BCUT2D eigenvalue weighted by atomic mass is 10.0. The number of aromatic nitrogens is 2. The smallest absolute Gasteiger partial charge is 0.273 e. The lowest BCUT2D eigenvalue weighted by Gasteiger charge is -2.36. The minimum atomic E-state index is -0.309. The van der Waals surface area contributed by atoms with Gasteiger partial charge in [-0.2, -0.15) is 0 Å². The van der Waals surface area contributed by atoms with Gasteiger partial charge < -0.3 is 20.1 Å². The second kappa shape index (κ2) is 7.55. The number of carbonyl (C=O) groups excluding carboxylic acids is 1. The molecule has 2 aliphatic rings. The number of amides is 1. The Balaban J connectivity index is 1.53. The van der Waals surface area contributed by atoms with Crippen LogP contribution in [-0.4, -0.2) is 40.5 Å². The van der Waals surface area contributed by atoms with Gasteiger partial charge in [0, 0.05) is 17.5 Å². The Kier molecular flexibility index (Phi) is 4.83. The molecule has 1 saturated heterocycles. The number of fused-ring (bicyclic) bond motifs is 3. The van der Waals surface area contributed by atoms with E-state index in [-0.39, 0.29) is 23.9 Å². The van der Waals surface area contributed by atoms with E-state index in [0.29, 0.717) is 49.0 Å². The van der Waals surface area contributed by atoms with Gasteiger partial charge in [0.05, 0.1) is 43.7 Å². The molecule has 4 heterocycles. The maximum atomic E-state index is 13.8.